The van der Waals surface area contributed by atoms with Gasteiger partial charge < -0.3 is 14.9 Å². The summed E-state index contributed by atoms with van der Waals surface area (Å²) in [7, 11) is 0. The van der Waals surface area contributed by atoms with Gasteiger partial charge in [-0.3, -0.25) is 0 Å². The van der Waals surface area contributed by atoms with Crippen molar-refractivity contribution in [3.8, 4) is 5.75 Å². The predicted octanol–water partition coefficient (Wildman–Crippen LogP) is 1.50. The van der Waals surface area contributed by atoms with E-state index < -0.39 is 12.2 Å². The van der Waals surface area contributed by atoms with Crippen molar-refractivity contribution in [1.82, 2.24) is 0 Å². The first-order valence-corrected chi connectivity index (χ1v) is 4.69. The number of hydrogen-bond donors (Lipinski definition) is 2. The Morgan fingerprint density at radius 1 is 1.21 bits per heavy atom. The Morgan fingerprint density at radius 3 is 2.43 bits per heavy atom. The van der Waals surface area contributed by atoms with Crippen LogP contribution in [0.15, 0.2) is 24.3 Å². The fraction of sp³-hybridized carbons (Fsp3) is 0.455. The third-order valence-electron chi connectivity index (χ3n) is 1.85. The molecule has 0 heterocycles. The molecule has 0 radical (unpaired) electrons. The minimum absolute atomic E-state index is 0.240. The zero-order chi connectivity index (χ0) is 10.6. The second-order valence-corrected chi connectivity index (χ2v) is 3.37. The third kappa shape index (κ3) is 3.01. The van der Waals surface area contributed by atoms with Crippen molar-refractivity contribution in [2.45, 2.75) is 26.1 Å². The molecular formula is C11H16O3. The van der Waals surface area contributed by atoms with Gasteiger partial charge in [-0.2, -0.15) is 0 Å². The Kier molecular flexibility index (Phi) is 3.92. The molecule has 78 valence electrons. The quantitative estimate of drug-likeness (QED) is 0.767. The topological polar surface area (TPSA) is 49.7 Å². The summed E-state index contributed by atoms with van der Waals surface area (Å²) in [6.07, 6.45) is -1.06. The average molecular weight is 196 g/mol. The molecule has 2 atom stereocenters. The van der Waals surface area contributed by atoms with Crippen LogP contribution in [0, 0.1) is 0 Å². The van der Waals surface area contributed by atoms with Crippen LogP contribution in [-0.2, 0) is 0 Å². The molecule has 0 spiro atoms. The summed E-state index contributed by atoms with van der Waals surface area (Å²) in [5, 5.41) is 18.5. The Balaban J connectivity index is 2.74. The van der Waals surface area contributed by atoms with E-state index in [4.69, 9.17) is 9.84 Å². The first-order valence-electron chi connectivity index (χ1n) is 4.69. The molecule has 3 nitrogen and oxygen atoms in total. The van der Waals surface area contributed by atoms with Crippen molar-refractivity contribution in [2.24, 2.45) is 0 Å². The van der Waals surface area contributed by atoms with Gasteiger partial charge in [-0.15, -0.1) is 0 Å². The van der Waals surface area contributed by atoms with Gasteiger partial charge in [0.15, 0.2) is 0 Å². The van der Waals surface area contributed by atoms with Crippen LogP contribution in [0.4, 0.5) is 0 Å². The van der Waals surface area contributed by atoms with Crippen LogP contribution in [0.5, 0.6) is 5.75 Å². The molecular weight excluding hydrogens is 180 g/mol. The van der Waals surface area contributed by atoms with Gasteiger partial charge in [0.2, 0.25) is 0 Å². The number of para-hydroxylation sites is 1. The minimum atomic E-state index is -0.555. The molecule has 3 heteroatoms. The van der Waals surface area contributed by atoms with Crippen LogP contribution in [0.2, 0.25) is 0 Å². The Morgan fingerprint density at radius 2 is 1.86 bits per heavy atom. The number of aliphatic hydroxyl groups is 2. The van der Waals surface area contributed by atoms with E-state index >= 15 is 0 Å². The lowest BCUT2D eigenvalue weighted by atomic mass is 10.1. The highest BCUT2D eigenvalue weighted by molar-refractivity contribution is 5.34. The van der Waals surface area contributed by atoms with Gasteiger partial charge in [0.1, 0.15) is 12.4 Å². The number of aliphatic hydroxyl groups excluding tert-OH is 2. The normalized spacial score (nSPS) is 14.9. The highest BCUT2D eigenvalue weighted by Crippen LogP contribution is 2.24. The molecule has 0 aliphatic carbocycles. The standard InChI is InChI=1S/C11H16O3/c1-8(12)7-14-11-6-4-3-5-10(11)9(2)13/h3-6,8-9,12-13H,7H2,1-2H3/t8-,9-/m0/s1. The molecule has 0 bridgehead atoms. The Bertz CT molecular complexity index is 282. The molecule has 1 rings (SSSR count). The van der Waals surface area contributed by atoms with Crippen LogP contribution in [0.25, 0.3) is 0 Å². The molecule has 0 saturated heterocycles. The van der Waals surface area contributed by atoms with Crippen LogP contribution in [0.1, 0.15) is 25.5 Å². The molecule has 0 aliphatic heterocycles. The van der Waals surface area contributed by atoms with E-state index in [9.17, 15) is 5.11 Å². The summed E-state index contributed by atoms with van der Waals surface area (Å²) < 4.78 is 5.35. The van der Waals surface area contributed by atoms with E-state index in [1.807, 2.05) is 18.2 Å². The van der Waals surface area contributed by atoms with Crippen molar-refractivity contribution >= 4 is 0 Å². The van der Waals surface area contributed by atoms with Crippen LogP contribution < -0.4 is 4.74 Å². The van der Waals surface area contributed by atoms with Gasteiger partial charge >= 0.3 is 0 Å². The smallest absolute Gasteiger partial charge is 0.125 e. The first kappa shape index (κ1) is 11.0. The maximum Gasteiger partial charge on any atom is 0.125 e. The predicted molar refractivity (Wildman–Crippen MR) is 54.3 cm³/mol. The zero-order valence-electron chi connectivity index (χ0n) is 8.47. The monoisotopic (exact) mass is 196 g/mol. The molecule has 1 aromatic rings. The Labute approximate surface area is 84.0 Å². The molecule has 1 aromatic carbocycles. The number of rotatable bonds is 4. The van der Waals surface area contributed by atoms with Crippen LogP contribution in [-0.4, -0.2) is 22.9 Å². The maximum absolute atomic E-state index is 9.43. The molecule has 0 fully saturated rings. The molecule has 0 aliphatic rings. The second-order valence-electron chi connectivity index (χ2n) is 3.37. The van der Waals surface area contributed by atoms with Gasteiger partial charge in [-0.05, 0) is 19.9 Å². The largest absolute Gasteiger partial charge is 0.491 e. The van der Waals surface area contributed by atoms with E-state index in [1.54, 1.807) is 19.9 Å². The fourth-order valence-corrected chi connectivity index (χ4v) is 1.17. The number of benzene rings is 1. The van der Waals surface area contributed by atoms with Crippen LogP contribution >= 0.6 is 0 Å². The second kappa shape index (κ2) is 4.98. The highest BCUT2D eigenvalue weighted by Gasteiger charge is 2.08. The lowest BCUT2D eigenvalue weighted by Crippen LogP contribution is -2.13. The lowest BCUT2D eigenvalue weighted by molar-refractivity contribution is 0.118. The van der Waals surface area contributed by atoms with E-state index in [0.717, 1.165) is 5.56 Å². The molecule has 0 unspecified atom stereocenters. The zero-order valence-corrected chi connectivity index (χ0v) is 8.47. The lowest BCUT2D eigenvalue weighted by Gasteiger charge is -2.13. The SMILES string of the molecule is C[C@H](O)COc1ccccc1[C@H](C)O. The summed E-state index contributed by atoms with van der Waals surface area (Å²) in [5.74, 6) is 0.628. The van der Waals surface area contributed by atoms with Crippen molar-refractivity contribution < 1.29 is 14.9 Å². The fourth-order valence-electron chi connectivity index (χ4n) is 1.17. The third-order valence-corrected chi connectivity index (χ3v) is 1.85. The molecule has 0 saturated carbocycles. The summed E-state index contributed by atoms with van der Waals surface area (Å²) in [5.41, 5.74) is 0.744. The summed E-state index contributed by atoms with van der Waals surface area (Å²) in [6.45, 7) is 3.58. The first-order chi connectivity index (χ1) is 6.61. The van der Waals surface area contributed by atoms with E-state index in [-0.39, 0.29) is 6.61 Å². The Hall–Kier alpha value is -1.06. The molecule has 0 amide bonds. The average Bonchev–Trinajstić information content (AvgIpc) is 2.15. The highest BCUT2D eigenvalue weighted by atomic mass is 16.5. The van der Waals surface area contributed by atoms with E-state index in [2.05, 4.69) is 0 Å². The summed E-state index contributed by atoms with van der Waals surface area (Å²) in [6, 6.07) is 7.27. The minimum Gasteiger partial charge on any atom is -0.491 e. The van der Waals surface area contributed by atoms with Crippen molar-refractivity contribution in [2.75, 3.05) is 6.61 Å². The van der Waals surface area contributed by atoms with Gasteiger partial charge in [0.25, 0.3) is 0 Å². The van der Waals surface area contributed by atoms with Gasteiger partial charge in [-0.25, -0.2) is 0 Å². The van der Waals surface area contributed by atoms with Crippen molar-refractivity contribution in [1.29, 1.82) is 0 Å². The maximum atomic E-state index is 9.43. The van der Waals surface area contributed by atoms with Crippen molar-refractivity contribution in [3.63, 3.8) is 0 Å². The molecule has 2 N–H and O–H groups in total. The number of hydrogen-bond acceptors (Lipinski definition) is 3. The number of ether oxygens (including phenoxy) is 1. The van der Waals surface area contributed by atoms with E-state index in [1.165, 1.54) is 0 Å². The van der Waals surface area contributed by atoms with Gasteiger partial charge in [0.05, 0.1) is 12.2 Å². The summed E-state index contributed by atoms with van der Waals surface area (Å²) in [4.78, 5) is 0. The molecule has 0 aromatic heterocycles. The van der Waals surface area contributed by atoms with Gasteiger partial charge in [0, 0.05) is 5.56 Å². The van der Waals surface area contributed by atoms with E-state index in [0.29, 0.717) is 5.75 Å². The van der Waals surface area contributed by atoms with Crippen LogP contribution in [0.3, 0.4) is 0 Å². The molecule has 14 heavy (non-hydrogen) atoms. The summed E-state index contributed by atoms with van der Waals surface area (Å²) >= 11 is 0. The van der Waals surface area contributed by atoms with Crippen molar-refractivity contribution in [3.05, 3.63) is 29.8 Å². The van der Waals surface area contributed by atoms with Gasteiger partial charge in [-0.1, -0.05) is 18.2 Å².